The maximum atomic E-state index is 13.9. The summed E-state index contributed by atoms with van der Waals surface area (Å²) in [6.45, 7) is 1.73. The smallest absolute Gasteiger partial charge is 0.330 e. The highest BCUT2D eigenvalue weighted by atomic mass is 19.1. The summed E-state index contributed by atoms with van der Waals surface area (Å²) in [4.78, 5) is 24.9. The molecule has 7 heteroatoms. The topological polar surface area (TPSA) is 84.3 Å². The van der Waals surface area contributed by atoms with Crippen molar-refractivity contribution in [3.05, 3.63) is 32.6 Å². The standard InChI is InChI=1S/C12H13FN2O4/c1-3-6-5-15(12(18)14-10(6)17)11-8(13)9(16)7(4-2)19-11/h1,5,7-9,11,16H,4H2,2H3,(H,14,17,18). The number of nitrogens with zero attached hydrogens (tertiary/aromatic N) is 1. The van der Waals surface area contributed by atoms with Crippen LogP contribution >= 0.6 is 0 Å². The number of nitrogens with one attached hydrogen (secondary N) is 1. The number of aromatic nitrogens is 2. The Hall–Kier alpha value is -1.91. The quantitative estimate of drug-likeness (QED) is 0.710. The van der Waals surface area contributed by atoms with Crippen molar-refractivity contribution in [2.75, 3.05) is 0 Å². The number of H-pyrrole nitrogens is 1. The van der Waals surface area contributed by atoms with E-state index in [0.717, 1.165) is 10.8 Å². The average Bonchev–Trinajstić information content (AvgIpc) is 2.67. The van der Waals surface area contributed by atoms with E-state index < -0.39 is 35.9 Å². The molecule has 2 rings (SSSR count). The summed E-state index contributed by atoms with van der Waals surface area (Å²) in [7, 11) is 0. The third-order valence-electron chi connectivity index (χ3n) is 3.09. The van der Waals surface area contributed by atoms with Crippen LogP contribution in [0.3, 0.4) is 0 Å². The maximum Gasteiger partial charge on any atom is 0.330 e. The Balaban J connectivity index is 2.46. The molecule has 0 bridgehead atoms. The van der Waals surface area contributed by atoms with Crippen LogP contribution in [0.4, 0.5) is 4.39 Å². The van der Waals surface area contributed by atoms with Gasteiger partial charge in [-0.15, -0.1) is 6.42 Å². The number of hydrogen-bond acceptors (Lipinski definition) is 4. The number of alkyl halides is 1. The van der Waals surface area contributed by atoms with Crippen LogP contribution in [0.1, 0.15) is 25.1 Å². The van der Waals surface area contributed by atoms with Gasteiger partial charge < -0.3 is 9.84 Å². The van der Waals surface area contributed by atoms with Crippen molar-refractivity contribution in [3.8, 4) is 12.3 Å². The SMILES string of the molecule is C#Cc1cn(C2OC(CC)C(O)C2F)c(=O)[nH]c1=O. The second-order valence-corrected chi connectivity index (χ2v) is 4.26. The van der Waals surface area contributed by atoms with E-state index in [2.05, 4.69) is 5.92 Å². The zero-order valence-electron chi connectivity index (χ0n) is 10.2. The summed E-state index contributed by atoms with van der Waals surface area (Å²) in [6.07, 6.45) is 1.50. The Morgan fingerprint density at radius 3 is 2.84 bits per heavy atom. The Labute approximate surface area is 107 Å². The fourth-order valence-corrected chi connectivity index (χ4v) is 2.04. The fourth-order valence-electron chi connectivity index (χ4n) is 2.04. The second-order valence-electron chi connectivity index (χ2n) is 4.26. The number of ether oxygens (including phenoxy) is 1. The number of halogens is 1. The van der Waals surface area contributed by atoms with Crippen LogP contribution < -0.4 is 11.2 Å². The third-order valence-corrected chi connectivity index (χ3v) is 3.09. The molecule has 0 amide bonds. The Bertz CT molecular complexity index is 630. The molecule has 1 saturated heterocycles. The number of aliphatic hydroxyl groups is 1. The summed E-state index contributed by atoms with van der Waals surface area (Å²) < 4.78 is 20.1. The molecular weight excluding hydrogens is 255 g/mol. The minimum atomic E-state index is -1.76. The van der Waals surface area contributed by atoms with Crippen molar-refractivity contribution in [1.82, 2.24) is 9.55 Å². The second kappa shape index (κ2) is 4.99. The van der Waals surface area contributed by atoms with Gasteiger partial charge >= 0.3 is 5.69 Å². The fraction of sp³-hybridized carbons (Fsp3) is 0.500. The summed E-state index contributed by atoms with van der Waals surface area (Å²) in [5.74, 6) is 2.09. The summed E-state index contributed by atoms with van der Waals surface area (Å²) in [5, 5.41) is 9.63. The number of aliphatic hydroxyl groups excluding tert-OH is 1. The van der Waals surface area contributed by atoms with Crippen molar-refractivity contribution in [2.45, 2.75) is 38.0 Å². The predicted molar refractivity (Wildman–Crippen MR) is 64.4 cm³/mol. The molecule has 4 atom stereocenters. The molecule has 0 spiro atoms. The van der Waals surface area contributed by atoms with Gasteiger partial charge in [0.25, 0.3) is 5.56 Å². The molecule has 19 heavy (non-hydrogen) atoms. The maximum absolute atomic E-state index is 13.9. The highest BCUT2D eigenvalue weighted by molar-refractivity contribution is 5.26. The first-order chi connectivity index (χ1) is 8.99. The molecule has 6 nitrogen and oxygen atoms in total. The monoisotopic (exact) mass is 268 g/mol. The van der Waals surface area contributed by atoms with E-state index in [-0.39, 0.29) is 5.56 Å². The molecule has 1 aliphatic heterocycles. The van der Waals surface area contributed by atoms with E-state index in [0.29, 0.717) is 6.42 Å². The first kappa shape index (κ1) is 13.5. The minimum Gasteiger partial charge on any atom is -0.387 e. The number of aromatic amines is 1. The molecule has 0 saturated carbocycles. The van der Waals surface area contributed by atoms with Gasteiger partial charge in [0.1, 0.15) is 11.7 Å². The Kier molecular flexibility index (Phi) is 3.55. The summed E-state index contributed by atoms with van der Waals surface area (Å²) in [6, 6.07) is 0. The minimum absolute atomic E-state index is 0.107. The number of terminal acetylenes is 1. The summed E-state index contributed by atoms with van der Waals surface area (Å²) in [5.41, 5.74) is -1.66. The molecule has 1 aromatic heterocycles. The van der Waals surface area contributed by atoms with Crippen LogP contribution in [0.15, 0.2) is 15.8 Å². The lowest BCUT2D eigenvalue weighted by Crippen LogP contribution is -2.36. The van der Waals surface area contributed by atoms with Crippen LogP contribution in [-0.4, -0.2) is 33.0 Å². The Morgan fingerprint density at radius 2 is 2.32 bits per heavy atom. The molecule has 0 aliphatic carbocycles. The summed E-state index contributed by atoms with van der Waals surface area (Å²) >= 11 is 0. The van der Waals surface area contributed by atoms with E-state index in [4.69, 9.17) is 11.2 Å². The molecule has 1 aromatic rings. The van der Waals surface area contributed by atoms with E-state index >= 15 is 0 Å². The highest BCUT2D eigenvalue weighted by Gasteiger charge is 2.44. The third kappa shape index (κ3) is 2.20. The normalized spacial score (nSPS) is 30.2. The van der Waals surface area contributed by atoms with Gasteiger partial charge in [0.15, 0.2) is 12.4 Å². The van der Waals surface area contributed by atoms with Gasteiger partial charge in [-0.05, 0) is 6.42 Å². The van der Waals surface area contributed by atoms with Crippen LogP contribution in [-0.2, 0) is 4.74 Å². The first-order valence-electron chi connectivity index (χ1n) is 5.79. The van der Waals surface area contributed by atoms with Crippen molar-refractivity contribution in [2.24, 2.45) is 0 Å². The first-order valence-corrected chi connectivity index (χ1v) is 5.79. The molecule has 1 aliphatic rings. The van der Waals surface area contributed by atoms with Gasteiger partial charge in [-0.1, -0.05) is 12.8 Å². The lowest BCUT2D eigenvalue weighted by Gasteiger charge is -2.15. The zero-order chi connectivity index (χ0) is 14.2. The van der Waals surface area contributed by atoms with Gasteiger partial charge in [-0.3, -0.25) is 14.3 Å². The van der Waals surface area contributed by atoms with Crippen molar-refractivity contribution >= 4 is 0 Å². The molecule has 102 valence electrons. The lowest BCUT2D eigenvalue weighted by atomic mass is 10.1. The number of hydrogen-bond donors (Lipinski definition) is 2. The highest BCUT2D eigenvalue weighted by Crippen LogP contribution is 2.32. The molecule has 2 N–H and O–H groups in total. The van der Waals surface area contributed by atoms with Gasteiger partial charge in [0, 0.05) is 6.20 Å². The molecule has 1 fully saturated rings. The van der Waals surface area contributed by atoms with Crippen molar-refractivity contribution in [1.29, 1.82) is 0 Å². The van der Waals surface area contributed by atoms with E-state index in [1.54, 1.807) is 6.92 Å². The van der Waals surface area contributed by atoms with Crippen LogP contribution in [0.5, 0.6) is 0 Å². The van der Waals surface area contributed by atoms with Gasteiger partial charge in [0.05, 0.1) is 6.10 Å². The molecule has 0 radical (unpaired) electrons. The van der Waals surface area contributed by atoms with Crippen LogP contribution in [0.25, 0.3) is 0 Å². The van der Waals surface area contributed by atoms with Crippen LogP contribution in [0, 0.1) is 12.3 Å². The zero-order valence-corrected chi connectivity index (χ0v) is 10.2. The molecule has 2 heterocycles. The van der Waals surface area contributed by atoms with E-state index in [1.165, 1.54) is 0 Å². The Morgan fingerprint density at radius 1 is 1.63 bits per heavy atom. The molecule has 4 unspecified atom stereocenters. The van der Waals surface area contributed by atoms with Gasteiger partial charge in [0.2, 0.25) is 0 Å². The van der Waals surface area contributed by atoms with Gasteiger partial charge in [-0.2, -0.15) is 0 Å². The van der Waals surface area contributed by atoms with Crippen molar-refractivity contribution in [3.63, 3.8) is 0 Å². The van der Waals surface area contributed by atoms with Crippen LogP contribution in [0.2, 0.25) is 0 Å². The molecular formula is C12H13FN2O4. The lowest BCUT2D eigenvalue weighted by molar-refractivity contribution is -0.0281. The van der Waals surface area contributed by atoms with Gasteiger partial charge in [-0.25, -0.2) is 9.18 Å². The van der Waals surface area contributed by atoms with Crippen molar-refractivity contribution < 1.29 is 14.2 Å². The number of rotatable bonds is 2. The molecule has 0 aromatic carbocycles. The largest absolute Gasteiger partial charge is 0.387 e. The average molecular weight is 268 g/mol. The van der Waals surface area contributed by atoms with E-state index in [1.807, 2.05) is 4.98 Å². The van der Waals surface area contributed by atoms with E-state index in [9.17, 15) is 19.1 Å². The predicted octanol–water partition coefficient (Wildman–Crippen LogP) is -0.476.